The fourth-order valence-electron chi connectivity index (χ4n) is 2.84. The molecule has 0 bridgehead atoms. The summed E-state index contributed by atoms with van der Waals surface area (Å²) in [5, 5.41) is 14.7. The van der Waals surface area contributed by atoms with E-state index in [4.69, 9.17) is 33.3 Å². The summed E-state index contributed by atoms with van der Waals surface area (Å²) in [6.45, 7) is 4.01. The molecule has 5 nitrogen and oxygen atoms in total. The molecule has 26 heavy (non-hydrogen) atoms. The van der Waals surface area contributed by atoms with E-state index >= 15 is 0 Å². The van der Waals surface area contributed by atoms with Crippen molar-refractivity contribution < 1.29 is 9.90 Å². The van der Waals surface area contributed by atoms with Crippen molar-refractivity contribution >= 4 is 34.8 Å². The van der Waals surface area contributed by atoms with Crippen LogP contribution in [0, 0.1) is 0 Å². The van der Waals surface area contributed by atoms with Crippen molar-refractivity contribution in [2.75, 3.05) is 0 Å². The number of aryl methyl sites for hydroxylation is 1. The molecule has 0 radical (unpaired) electrons. The smallest absolute Gasteiger partial charge is 0.303 e. The lowest BCUT2D eigenvalue weighted by Gasteiger charge is -2.14. The molecular weight excluding hydrogens is 373 g/mol. The van der Waals surface area contributed by atoms with Crippen LogP contribution >= 0.6 is 23.2 Å². The molecule has 0 saturated heterocycles. The van der Waals surface area contributed by atoms with Gasteiger partial charge in [-0.15, -0.1) is 0 Å². The van der Waals surface area contributed by atoms with Crippen LogP contribution in [0.5, 0.6) is 0 Å². The average Bonchev–Trinajstić information content (AvgIpc) is 3.02. The van der Waals surface area contributed by atoms with Crippen molar-refractivity contribution in [1.29, 1.82) is 0 Å². The lowest BCUT2D eigenvalue weighted by atomic mass is 9.99. The zero-order chi connectivity index (χ0) is 18.8. The third-order valence-corrected chi connectivity index (χ3v) is 4.91. The minimum Gasteiger partial charge on any atom is -0.481 e. The van der Waals surface area contributed by atoms with Gasteiger partial charge in [0, 0.05) is 28.8 Å². The molecule has 1 atom stereocenters. The Hall–Kier alpha value is -2.11. The Bertz CT molecular complexity index is 969. The van der Waals surface area contributed by atoms with E-state index in [1.165, 1.54) is 0 Å². The van der Waals surface area contributed by atoms with Crippen LogP contribution in [0.2, 0.25) is 10.0 Å². The number of carbonyl (C=O) groups is 1. The third-order valence-electron chi connectivity index (χ3n) is 4.36. The minimum absolute atomic E-state index is 0.000835. The van der Waals surface area contributed by atoms with Crippen LogP contribution < -0.4 is 0 Å². The van der Waals surface area contributed by atoms with Gasteiger partial charge in [-0.05, 0) is 43.0 Å². The zero-order valence-electron chi connectivity index (χ0n) is 14.5. The van der Waals surface area contributed by atoms with E-state index in [9.17, 15) is 4.79 Å². The molecule has 0 aliphatic carbocycles. The largest absolute Gasteiger partial charge is 0.481 e. The Morgan fingerprint density at radius 3 is 2.69 bits per heavy atom. The predicted molar refractivity (Wildman–Crippen MR) is 103 cm³/mol. The molecule has 0 amide bonds. The van der Waals surface area contributed by atoms with Gasteiger partial charge < -0.3 is 5.11 Å². The molecule has 2 heterocycles. The summed E-state index contributed by atoms with van der Waals surface area (Å²) < 4.78 is 1.78. The molecule has 3 aromatic rings. The third kappa shape index (κ3) is 3.84. The summed E-state index contributed by atoms with van der Waals surface area (Å²) in [5.41, 5.74) is 4.10. The molecule has 3 rings (SSSR count). The first kappa shape index (κ1) is 18.7. The van der Waals surface area contributed by atoms with Gasteiger partial charge >= 0.3 is 5.97 Å². The second kappa shape index (κ2) is 7.64. The highest BCUT2D eigenvalue weighted by Gasteiger charge is 2.17. The van der Waals surface area contributed by atoms with E-state index in [0.717, 1.165) is 34.7 Å². The van der Waals surface area contributed by atoms with E-state index in [1.54, 1.807) is 16.6 Å². The number of hydrogen-bond donors (Lipinski definition) is 1. The monoisotopic (exact) mass is 391 g/mol. The normalized spacial score (nSPS) is 12.5. The fourth-order valence-corrected chi connectivity index (χ4v) is 3.35. The van der Waals surface area contributed by atoms with Gasteiger partial charge in [-0.3, -0.25) is 4.79 Å². The number of rotatable bonds is 6. The van der Waals surface area contributed by atoms with E-state index in [0.29, 0.717) is 16.5 Å². The first-order valence-electron chi connectivity index (χ1n) is 8.45. The van der Waals surface area contributed by atoms with Crippen molar-refractivity contribution in [2.45, 2.75) is 39.0 Å². The van der Waals surface area contributed by atoms with Crippen molar-refractivity contribution in [3.05, 3.63) is 51.8 Å². The Labute approximate surface area is 161 Å². The molecule has 1 N–H and O–H groups in total. The van der Waals surface area contributed by atoms with Gasteiger partial charge in [0.05, 0.1) is 16.4 Å². The van der Waals surface area contributed by atoms with E-state index in [1.807, 2.05) is 32.0 Å². The van der Waals surface area contributed by atoms with Gasteiger partial charge in [0.15, 0.2) is 5.65 Å². The lowest BCUT2D eigenvalue weighted by molar-refractivity contribution is -0.137. The predicted octanol–water partition coefficient (Wildman–Crippen LogP) is 5.23. The van der Waals surface area contributed by atoms with Crippen LogP contribution in [0.4, 0.5) is 0 Å². The molecule has 1 aromatic carbocycles. The second-order valence-corrected chi connectivity index (χ2v) is 7.13. The molecule has 0 fully saturated rings. The highest BCUT2D eigenvalue weighted by Crippen LogP contribution is 2.32. The van der Waals surface area contributed by atoms with Gasteiger partial charge in [0.1, 0.15) is 0 Å². The first-order valence-corrected chi connectivity index (χ1v) is 9.21. The molecule has 0 saturated carbocycles. The number of aliphatic carboxylic acids is 1. The standard InChI is InChI=1S/C19H19Cl2N3O2/c1-3-13-9-18-22-16(11(2)4-7-19(25)26)10-17(24(18)23-13)14-6-5-12(20)8-15(14)21/h5-6,8-11H,3-4,7H2,1-2H3,(H,25,26). The number of hydrogen-bond acceptors (Lipinski definition) is 3. The number of benzene rings is 1. The number of carboxylic acid groups (broad SMARTS) is 1. The van der Waals surface area contributed by atoms with Gasteiger partial charge in [-0.2, -0.15) is 5.10 Å². The highest BCUT2D eigenvalue weighted by molar-refractivity contribution is 6.36. The van der Waals surface area contributed by atoms with Gasteiger partial charge in [-0.25, -0.2) is 9.50 Å². The zero-order valence-corrected chi connectivity index (χ0v) is 16.1. The molecule has 2 aromatic heterocycles. The maximum absolute atomic E-state index is 10.9. The van der Waals surface area contributed by atoms with Crippen molar-refractivity contribution in [1.82, 2.24) is 14.6 Å². The molecular formula is C19H19Cl2N3O2. The van der Waals surface area contributed by atoms with Crippen LogP contribution in [0.1, 0.15) is 44.0 Å². The Balaban J connectivity index is 2.15. The summed E-state index contributed by atoms with van der Waals surface area (Å²) in [7, 11) is 0. The maximum atomic E-state index is 10.9. The Morgan fingerprint density at radius 2 is 2.04 bits per heavy atom. The van der Waals surface area contributed by atoms with Crippen LogP contribution in [0.15, 0.2) is 30.3 Å². The molecule has 0 spiro atoms. The van der Waals surface area contributed by atoms with Crippen LogP contribution in [-0.2, 0) is 11.2 Å². The van der Waals surface area contributed by atoms with Crippen molar-refractivity contribution in [3.8, 4) is 11.3 Å². The second-order valence-electron chi connectivity index (χ2n) is 6.28. The van der Waals surface area contributed by atoms with Crippen molar-refractivity contribution in [2.24, 2.45) is 0 Å². The topological polar surface area (TPSA) is 67.5 Å². The number of carboxylic acids is 1. The molecule has 0 aliphatic rings. The molecule has 136 valence electrons. The molecule has 1 unspecified atom stereocenters. The lowest BCUT2D eigenvalue weighted by Crippen LogP contribution is -2.05. The molecule has 7 heteroatoms. The summed E-state index contributed by atoms with van der Waals surface area (Å²) >= 11 is 12.4. The van der Waals surface area contributed by atoms with Crippen molar-refractivity contribution in [3.63, 3.8) is 0 Å². The number of fused-ring (bicyclic) bond motifs is 1. The summed E-state index contributed by atoms with van der Waals surface area (Å²) in [6, 6.07) is 9.22. The summed E-state index contributed by atoms with van der Waals surface area (Å²) in [4.78, 5) is 15.6. The fraction of sp³-hybridized carbons (Fsp3) is 0.316. The minimum atomic E-state index is -0.809. The van der Waals surface area contributed by atoms with Gasteiger partial charge in [0.2, 0.25) is 0 Å². The van der Waals surface area contributed by atoms with Crippen LogP contribution in [-0.4, -0.2) is 25.7 Å². The number of nitrogens with zero attached hydrogens (tertiary/aromatic N) is 3. The number of halogens is 2. The average molecular weight is 392 g/mol. The van der Waals surface area contributed by atoms with Gasteiger partial charge in [0.25, 0.3) is 0 Å². The first-order chi connectivity index (χ1) is 12.4. The van der Waals surface area contributed by atoms with Gasteiger partial charge in [-0.1, -0.05) is 37.0 Å². The highest BCUT2D eigenvalue weighted by atomic mass is 35.5. The van der Waals surface area contributed by atoms with Crippen LogP contribution in [0.3, 0.4) is 0 Å². The Kier molecular flexibility index (Phi) is 5.49. The van der Waals surface area contributed by atoms with Crippen LogP contribution in [0.25, 0.3) is 16.9 Å². The Morgan fingerprint density at radius 1 is 1.27 bits per heavy atom. The summed E-state index contributed by atoms with van der Waals surface area (Å²) in [6.07, 6.45) is 1.41. The SMILES string of the molecule is CCc1cc2nc(C(C)CCC(=O)O)cc(-c3ccc(Cl)cc3Cl)n2n1. The molecule has 0 aliphatic heterocycles. The summed E-state index contributed by atoms with van der Waals surface area (Å²) in [5.74, 6) is -0.808. The number of aromatic nitrogens is 3. The van der Waals surface area contributed by atoms with E-state index in [-0.39, 0.29) is 12.3 Å². The van der Waals surface area contributed by atoms with E-state index in [2.05, 4.69) is 5.10 Å². The maximum Gasteiger partial charge on any atom is 0.303 e. The van der Waals surface area contributed by atoms with E-state index < -0.39 is 5.97 Å². The quantitative estimate of drug-likeness (QED) is 0.624.